The highest BCUT2D eigenvalue weighted by Crippen LogP contribution is 2.22. The summed E-state index contributed by atoms with van der Waals surface area (Å²) in [5.74, 6) is 0. The number of thiophene rings is 1. The molecule has 1 aliphatic carbocycles. The van der Waals surface area contributed by atoms with Gasteiger partial charge in [0, 0.05) is 28.9 Å². The van der Waals surface area contributed by atoms with Crippen molar-refractivity contribution < 1.29 is 8.78 Å². The first-order valence-corrected chi connectivity index (χ1v) is 6.73. The monoisotopic (exact) mass is 260 g/mol. The van der Waals surface area contributed by atoms with Gasteiger partial charge in [-0.25, -0.2) is 8.78 Å². The van der Waals surface area contributed by atoms with Crippen LogP contribution in [0.4, 0.5) is 8.78 Å². The molecule has 1 fully saturated rings. The van der Waals surface area contributed by atoms with Gasteiger partial charge in [-0.05, 0) is 32.0 Å². The summed E-state index contributed by atoms with van der Waals surface area (Å²) in [5, 5.41) is 3.45. The Labute approximate surface area is 105 Å². The third-order valence-electron chi connectivity index (χ3n) is 2.74. The smallest absolute Gasteiger partial charge is 0.251 e. The van der Waals surface area contributed by atoms with E-state index in [0.717, 1.165) is 11.4 Å². The van der Waals surface area contributed by atoms with Gasteiger partial charge in [0.15, 0.2) is 0 Å². The van der Waals surface area contributed by atoms with Crippen LogP contribution >= 0.6 is 11.3 Å². The lowest BCUT2D eigenvalue weighted by Gasteiger charge is -2.14. The maximum Gasteiger partial charge on any atom is 0.251 e. The van der Waals surface area contributed by atoms with E-state index < -0.39 is 6.43 Å². The Kier molecular flexibility index (Phi) is 4.48. The summed E-state index contributed by atoms with van der Waals surface area (Å²) in [5.41, 5.74) is 0. The van der Waals surface area contributed by atoms with Gasteiger partial charge in [-0.1, -0.05) is 0 Å². The van der Waals surface area contributed by atoms with E-state index in [0.29, 0.717) is 12.6 Å². The molecule has 17 heavy (non-hydrogen) atoms. The van der Waals surface area contributed by atoms with E-state index in [1.54, 1.807) is 23.3 Å². The Bertz CT molecular complexity index is 350. The van der Waals surface area contributed by atoms with Crippen molar-refractivity contribution in [1.29, 1.82) is 0 Å². The standard InChI is InChI=1S/C12H18F2N2S/c1-16(8-12(13)14)7-11-5-4-10(17-11)6-15-9-2-3-9/h4-5,9,12,15H,2-3,6-8H2,1H3. The molecule has 1 aromatic heterocycles. The third kappa shape index (κ3) is 4.69. The molecule has 0 bridgehead atoms. The van der Waals surface area contributed by atoms with Gasteiger partial charge in [-0.3, -0.25) is 4.90 Å². The van der Waals surface area contributed by atoms with Crippen LogP contribution in [0.2, 0.25) is 0 Å². The Hall–Kier alpha value is -0.520. The molecule has 2 rings (SSSR count). The number of rotatable bonds is 7. The minimum Gasteiger partial charge on any atom is -0.309 e. The van der Waals surface area contributed by atoms with Crippen molar-refractivity contribution in [3.63, 3.8) is 0 Å². The molecule has 1 aliphatic rings. The molecule has 2 nitrogen and oxygen atoms in total. The maximum atomic E-state index is 12.2. The fourth-order valence-electron chi connectivity index (χ4n) is 1.70. The molecule has 1 aromatic rings. The molecule has 0 radical (unpaired) electrons. The molecular weight excluding hydrogens is 242 g/mol. The fraction of sp³-hybridized carbons (Fsp3) is 0.667. The van der Waals surface area contributed by atoms with Gasteiger partial charge < -0.3 is 5.32 Å². The van der Waals surface area contributed by atoms with E-state index in [1.807, 2.05) is 6.07 Å². The van der Waals surface area contributed by atoms with Crippen molar-refractivity contribution in [3.05, 3.63) is 21.9 Å². The molecule has 0 amide bonds. The molecule has 0 unspecified atom stereocenters. The largest absolute Gasteiger partial charge is 0.309 e. The molecule has 0 saturated heterocycles. The molecule has 0 aliphatic heterocycles. The van der Waals surface area contributed by atoms with Gasteiger partial charge in [-0.15, -0.1) is 11.3 Å². The minimum atomic E-state index is -2.25. The summed E-state index contributed by atoms with van der Waals surface area (Å²) in [6.07, 6.45) is 0.320. The second-order valence-corrected chi connectivity index (χ2v) is 5.86. The quantitative estimate of drug-likeness (QED) is 0.811. The molecule has 0 atom stereocenters. The van der Waals surface area contributed by atoms with Crippen LogP contribution < -0.4 is 5.32 Å². The zero-order valence-corrected chi connectivity index (χ0v) is 10.8. The predicted octanol–water partition coefficient (Wildman–Crippen LogP) is 2.70. The summed E-state index contributed by atoms with van der Waals surface area (Å²) in [4.78, 5) is 4.10. The van der Waals surface area contributed by atoms with E-state index >= 15 is 0 Å². The van der Waals surface area contributed by atoms with Crippen LogP contribution in [0.3, 0.4) is 0 Å². The second-order valence-electron chi connectivity index (χ2n) is 4.61. The molecule has 96 valence electrons. The highest BCUT2D eigenvalue weighted by atomic mass is 32.1. The molecule has 1 N–H and O–H groups in total. The van der Waals surface area contributed by atoms with Gasteiger partial charge in [0.05, 0.1) is 6.54 Å². The molecule has 1 heterocycles. The fourth-order valence-corrected chi connectivity index (χ4v) is 2.75. The molecule has 5 heteroatoms. The van der Waals surface area contributed by atoms with Crippen LogP contribution in [-0.2, 0) is 13.1 Å². The van der Waals surface area contributed by atoms with E-state index in [2.05, 4.69) is 11.4 Å². The number of halogens is 2. The van der Waals surface area contributed by atoms with E-state index in [9.17, 15) is 8.78 Å². The van der Waals surface area contributed by atoms with Crippen LogP contribution in [0.5, 0.6) is 0 Å². The van der Waals surface area contributed by atoms with Gasteiger partial charge in [-0.2, -0.15) is 0 Å². The van der Waals surface area contributed by atoms with Crippen molar-refractivity contribution >= 4 is 11.3 Å². The first kappa shape index (κ1) is 12.9. The Morgan fingerprint density at radius 2 is 2.12 bits per heavy atom. The van der Waals surface area contributed by atoms with E-state index in [-0.39, 0.29) is 6.54 Å². The Balaban J connectivity index is 1.76. The predicted molar refractivity (Wildman–Crippen MR) is 66.5 cm³/mol. The highest BCUT2D eigenvalue weighted by Gasteiger charge is 2.20. The average Bonchev–Trinajstić information content (AvgIpc) is 2.96. The molecular formula is C12H18F2N2S. The molecule has 1 saturated carbocycles. The summed E-state index contributed by atoms with van der Waals surface area (Å²) in [7, 11) is 1.73. The van der Waals surface area contributed by atoms with E-state index in [4.69, 9.17) is 0 Å². The van der Waals surface area contributed by atoms with Crippen molar-refractivity contribution in [2.45, 2.75) is 38.4 Å². The topological polar surface area (TPSA) is 15.3 Å². The maximum absolute atomic E-state index is 12.2. The number of nitrogens with zero attached hydrogens (tertiary/aromatic N) is 1. The highest BCUT2D eigenvalue weighted by molar-refractivity contribution is 7.11. The average molecular weight is 260 g/mol. The summed E-state index contributed by atoms with van der Waals surface area (Å²) in [6, 6.07) is 4.84. The van der Waals surface area contributed by atoms with Crippen LogP contribution in [0.1, 0.15) is 22.6 Å². The normalized spacial score (nSPS) is 16.1. The minimum absolute atomic E-state index is 0.159. The Morgan fingerprint density at radius 3 is 2.76 bits per heavy atom. The second kappa shape index (κ2) is 5.89. The lowest BCUT2D eigenvalue weighted by molar-refractivity contribution is 0.0979. The van der Waals surface area contributed by atoms with E-state index in [1.165, 1.54) is 17.7 Å². The zero-order valence-electron chi connectivity index (χ0n) is 9.96. The first-order chi connectivity index (χ1) is 8.13. The van der Waals surface area contributed by atoms with Crippen LogP contribution in [0.15, 0.2) is 12.1 Å². The first-order valence-electron chi connectivity index (χ1n) is 5.91. The molecule has 0 spiro atoms. The van der Waals surface area contributed by atoms with Crippen molar-refractivity contribution in [2.75, 3.05) is 13.6 Å². The zero-order chi connectivity index (χ0) is 12.3. The lowest BCUT2D eigenvalue weighted by atomic mass is 10.4. The third-order valence-corrected chi connectivity index (χ3v) is 3.81. The summed E-state index contributed by atoms with van der Waals surface area (Å²) in [6.45, 7) is 1.36. The van der Waals surface area contributed by atoms with Crippen molar-refractivity contribution in [2.24, 2.45) is 0 Å². The number of hydrogen-bond donors (Lipinski definition) is 1. The summed E-state index contributed by atoms with van der Waals surface area (Å²) < 4.78 is 24.3. The number of hydrogen-bond acceptors (Lipinski definition) is 3. The number of nitrogens with one attached hydrogen (secondary N) is 1. The van der Waals surface area contributed by atoms with Crippen molar-refractivity contribution in [1.82, 2.24) is 10.2 Å². The van der Waals surface area contributed by atoms with Gasteiger partial charge in [0.1, 0.15) is 0 Å². The lowest BCUT2D eigenvalue weighted by Crippen LogP contribution is -2.23. The van der Waals surface area contributed by atoms with Crippen molar-refractivity contribution in [3.8, 4) is 0 Å². The Morgan fingerprint density at radius 1 is 1.41 bits per heavy atom. The van der Waals surface area contributed by atoms with Gasteiger partial charge in [0.2, 0.25) is 0 Å². The van der Waals surface area contributed by atoms with Crippen LogP contribution in [0.25, 0.3) is 0 Å². The van der Waals surface area contributed by atoms with Gasteiger partial charge in [0.25, 0.3) is 6.43 Å². The SMILES string of the molecule is CN(Cc1ccc(CNC2CC2)s1)CC(F)F. The summed E-state index contributed by atoms with van der Waals surface area (Å²) >= 11 is 1.71. The number of alkyl halides is 2. The molecule has 0 aromatic carbocycles. The van der Waals surface area contributed by atoms with Crippen LogP contribution in [-0.4, -0.2) is 31.0 Å². The van der Waals surface area contributed by atoms with Gasteiger partial charge >= 0.3 is 0 Å². The van der Waals surface area contributed by atoms with Crippen LogP contribution in [0, 0.1) is 0 Å².